The molecule has 2 amide bonds. The summed E-state index contributed by atoms with van der Waals surface area (Å²) < 4.78 is 18.3. The van der Waals surface area contributed by atoms with Crippen LogP contribution in [0.1, 0.15) is 48.0 Å². The second kappa shape index (κ2) is 14.7. The normalized spacial score (nSPS) is 18.6. The molecule has 3 aromatic rings. The maximum absolute atomic E-state index is 12.1. The van der Waals surface area contributed by atoms with Crippen LogP contribution in [0.4, 0.5) is 4.79 Å². The number of benzene rings is 2. The first-order chi connectivity index (χ1) is 19.4. The molecule has 10 nitrogen and oxygen atoms in total. The standard InChI is InChI=1S/C29H33N3O7S/c1-2-37-27(34)17-31-29(35)30-16-20-6-12-23(13-7-20)28-38-24(19-40-26-5-3-4-14-32(26)36)15-25(39-28)22-10-8-21(18-33)9-11-22/h3-14,24-25,28,33H,2,15-19H2,1H3,(H2,30,31,35)/t24-,25+,28+/m0/s1. The fourth-order valence-corrected chi connectivity index (χ4v) is 5.06. The summed E-state index contributed by atoms with van der Waals surface area (Å²) in [6.07, 6.45) is 1.03. The minimum Gasteiger partial charge on any atom is -0.618 e. The molecule has 4 rings (SSSR count). The number of esters is 1. The van der Waals surface area contributed by atoms with Crippen molar-refractivity contribution in [3.05, 3.63) is 100 Å². The number of carbonyl (C=O) groups excluding carboxylic acids is 2. The minimum absolute atomic E-state index is 0.0304. The third-order valence-electron chi connectivity index (χ3n) is 6.22. The van der Waals surface area contributed by atoms with E-state index in [9.17, 15) is 19.9 Å². The summed E-state index contributed by atoms with van der Waals surface area (Å²) in [6.45, 7) is 2.00. The van der Waals surface area contributed by atoms with Crippen LogP contribution in [-0.2, 0) is 32.2 Å². The second-order valence-corrected chi connectivity index (χ2v) is 10.1. The van der Waals surface area contributed by atoms with E-state index in [4.69, 9.17) is 14.2 Å². The molecule has 11 heteroatoms. The number of thioether (sulfide) groups is 1. The highest BCUT2D eigenvalue weighted by Gasteiger charge is 2.32. The molecule has 1 saturated heterocycles. The number of nitrogens with zero attached hydrogens (tertiary/aromatic N) is 1. The van der Waals surface area contributed by atoms with Gasteiger partial charge in [-0.25, -0.2) is 4.79 Å². The molecule has 0 spiro atoms. The van der Waals surface area contributed by atoms with E-state index in [0.29, 0.717) is 17.2 Å². The van der Waals surface area contributed by atoms with E-state index in [1.165, 1.54) is 18.0 Å². The topological polar surface area (TPSA) is 133 Å². The molecule has 0 bridgehead atoms. The number of aromatic nitrogens is 1. The summed E-state index contributed by atoms with van der Waals surface area (Å²) >= 11 is 1.44. The first-order valence-corrected chi connectivity index (χ1v) is 14.0. The molecular formula is C29H33N3O7S. The number of urea groups is 1. The van der Waals surface area contributed by atoms with Gasteiger partial charge in [-0.3, -0.25) is 4.79 Å². The number of aliphatic hydroxyl groups is 1. The largest absolute Gasteiger partial charge is 0.618 e. The zero-order valence-electron chi connectivity index (χ0n) is 22.2. The van der Waals surface area contributed by atoms with E-state index in [-0.39, 0.29) is 38.5 Å². The highest BCUT2D eigenvalue weighted by Crippen LogP contribution is 2.39. The van der Waals surface area contributed by atoms with Gasteiger partial charge in [-0.15, -0.1) is 0 Å². The van der Waals surface area contributed by atoms with Gasteiger partial charge in [0.2, 0.25) is 0 Å². The van der Waals surface area contributed by atoms with Gasteiger partial charge in [0.15, 0.2) is 12.5 Å². The predicted octanol–water partition coefficient (Wildman–Crippen LogP) is 3.51. The van der Waals surface area contributed by atoms with Crippen molar-refractivity contribution in [3.63, 3.8) is 0 Å². The molecule has 0 radical (unpaired) electrons. The fourth-order valence-electron chi connectivity index (χ4n) is 4.13. The number of ether oxygens (including phenoxy) is 3. The van der Waals surface area contributed by atoms with Gasteiger partial charge in [0, 0.05) is 36.4 Å². The smallest absolute Gasteiger partial charge is 0.325 e. The van der Waals surface area contributed by atoms with E-state index in [0.717, 1.165) is 27.0 Å². The third kappa shape index (κ3) is 8.43. The van der Waals surface area contributed by atoms with Crippen LogP contribution >= 0.6 is 11.8 Å². The van der Waals surface area contributed by atoms with Gasteiger partial charge in [0.05, 0.1) is 25.4 Å². The number of hydrogen-bond donors (Lipinski definition) is 3. The van der Waals surface area contributed by atoms with Gasteiger partial charge in [-0.2, -0.15) is 4.73 Å². The molecule has 212 valence electrons. The predicted molar refractivity (Wildman–Crippen MR) is 148 cm³/mol. The Morgan fingerprint density at radius 1 is 1.02 bits per heavy atom. The van der Waals surface area contributed by atoms with Gasteiger partial charge >= 0.3 is 12.0 Å². The van der Waals surface area contributed by atoms with Crippen LogP contribution in [0.15, 0.2) is 78.0 Å². The zero-order chi connectivity index (χ0) is 28.3. The Hall–Kier alpha value is -3.64. The molecule has 40 heavy (non-hydrogen) atoms. The van der Waals surface area contributed by atoms with Crippen molar-refractivity contribution in [1.82, 2.24) is 10.6 Å². The van der Waals surface area contributed by atoms with Gasteiger partial charge in [-0.1, -0.05) is 60.3 Å². The van der Waals surface area contributed by atoms with Crippen LogP contribution in [0.5, 0.6) is 0 Å². The number of aliphatic hydroxyl groups excluding tert-OH is 1. The van der Waals surface area contributed by atoms with Gasteiger partial charge in [-0.05, 0) is 29.7 Å². The van der Waals surface area contributed by atoms with Crippen LogP contribution < -0.4 is 15.4 Å². The first kappa shape index (κ1) is 29.3. The molecule has 1 aliphatic rings. The lowest BCUT2D eigenvalue weighted by atomic mass is 10.0. The zero-order valence-corrected chi connectivity index (χ0v) is 23.0. The molecule has 0 aliphatic carbocycles. The third-order valence-corrected chi connectivity index (χ3v) is 7.37. The van der Waals surface area contributed by atoms with Gasteiger partial charge in [0.1, 0.15) is 6.54 Å². The summed E-state index contributed by atoms with van der Waals surface area (Å²) in [4.78, 5) is 23.4. The summed E-state index contributed by atoms with van der Waals surface area (Å²) in [5, 5.41) is 27.3. The quantitative estimate of drug-likeness (QED) is 0.139. The molecule has 0 unspecified atom stereocenters. The number of rotatable bonds is 11. The second-order valence-electron chi connectivity index (χ2n) is 9.11. The lowest BCUT2D eigenvalue weighted by Crippen LogP contribution is -2.38. The SMILES string of the molecule is CCOC(=O)CNC(=O)NCc1ccc([C@@H]2O[C@H](CSc3cccc[n+]3[O-])C[C@H](c3ccc(CO)cc3)O2)cc1. The van der Waals surface area contributed by atoms with E-state index in [2.05, 4.69) is 10.6 Å². The molecule has 2 aromatic carbocycles. The first-order valence-electron chi connectivity index (χ1n) is 13.0. The van der Waals surface area contributed by atoms with Crippen molar-refractivity contribution in [2.45, 2.75) is 50.0 Å². The average Bonchev–Trinajstić information content (AvgIpc) is 2.99. The molecule has 0 saturated carbocycles. The number of nitrogens with one attached hydrogen (secondary N) is 2. The minimum atomic E-state index is -0.632. The Morgan fingerprint density at radius 2 is 1.75 bits per heavy atom. The van der Waals surface area contributed by atoms with Crippen molar-refractivity contribution in [1.29, 1.82) is 0 Å². The fraction of sp³-hybridized carbons (Fsp3) is 0.345. The van der Waals surface area contributed by atoms with Crippen molar-refractivity contribution in [2.24, 2.45) is 0 Å². The summed E-state index contributed by atoms with van der Waals surface area (Å²) in [5.41, 5.74) is 3.48. The van der Waals surface area contributed by atoms with E-state index in [1.807, 2.05) is 54.6 Å². The van der Waals surface area contributed by atoms with Crippen molar-refractivity contribution in [2.75, 3.05) is 18.9 Å². The lowest BCUT2D eigenvalue weighted by Gasteiger charge is -2.36. The van der Waals surface area contributed by atoms with E-state index < -0.39 is 18.3 Å². The molecule has 3 N–H and O–H groups in total. The maximum atomic E-state index is 12.1. The van der Waals surface area contributed by atoms with Crippen LogP contribution in [0, 0.1) is 5.21 Å². The Balaban J connectivity index is 1.40. The molecule has 1 aliphatic heterocycles. The number of carbonyl (C=O) groups is 2. The highest BCUT2D eigenvalue weighted by atomic mass is 32.2. The highest BCUT2D eigenvalue weighted by molar-refractivity contribution is 7.99. The van der Waals surface area contributed by atoms with Crippen molar-refractivity contribution >= 4 is 23.8 Å². The lowest BCUT2D eigenvalue weighted by molar-refractivity contribution is -0.645. The molecule has 1 fully saturated rings. The van der Waals surface area contributed by atoms with E-state index >= 15 is 0 Å². The van der Waals surface area contributed by atoms with Gasteiger partial charge in [0.25, 0.3) is 5.03 Å². The molecular weight excluding hydrogens is 534 g/mol. The van der Waals surface area contributed by atoms with Crippen LogP contribution in [0.2, 0.25) is 0 Å². The summed E-state index contributed by atoms with van der Waals surface area (Å²) in [5.74, 6) is 0.0742. The molecule has 1 aromatic heterocycles. The van der Waals surface area contributed by atoms with Crippen molar-refractivity contribution < 1.29 is 33.6 Å². The molecule has 3 atom stereocenters. The number of amides is 2. The average molecular weight is 568 g/mol. The number of pyridine rings is 1. The van der Waals surface area contributed by atoms with Crippen LogP contribution in [0.3, 0.4) is 0 Å². The van der Waals surface area contributed by atoms with Gasteiger partial charge < -0.3 is 35.2 Å². The van der Waals surface area contributed by atoms with Crippen LogP contribution in [-0.4, -0.2) is 42.1 Å². The van der Waals surface area contributed by atoms with E-state index in [1.54, 1.807) is 19.1 Å². The Kier molecular flexibility index (Phi) is 10.8. The maximum Gasteiger partial charge on any atom is 0.325 e. The van der Waals surface area contributed by atoms with Crippen LogP contribution in [0.25, 0.3) is 0 Å². The summed E-state index contributed by atoms with van der Waals surface area (Å²) in [7, 11) is 0. The molecule has 2 heterocycles. The Morgan fingerprint density at radius 3 is 2.45 bits per heavy atom. The summed E-state index contributed by atoms with van der Waals surface area (Å²) in [6, 6.07) is 20.0. The Bertz CT molecular complexity index is 1260. The monoisotopic (exact) mass is 567 g/mol. The van der Waals surface area contributed by atoms with Crippen molar-refractivity contribution in [3.8, 4) is 0 Å². The Labute approximate surface area is 237 Å². The number of hydrogen-bond acceptors (Lipinski definition) is 8.